The minimum atomic E-state index is -1.65. The van der Waals surface area contributed by atoms with Crippen molar-refractivity contribution in [1.29, 1.82) is 0 Å². The zero-order valence-corrected chi connectivity index (χ0v) is 17.7. The van der Waals surface area contributed by atoms with Crippen molar-refractivity contribution in [2.24, 2.45) is 16.7 Å². The van der Waals surface area contributed by atoms with Gasteiger partial charge in [0, 0.05) is 23.0 Å². The van der Waals surface area contributed by atoms with Crippen molar-refractivity contribution in [2.75, 3.05) is 6.61 Å². The molecule has 2 aliphatic carbocycles. The molecule has 1 saturated carbocycles. The summed E-state index contributed by atoms with van der Waals surface area (Å²) in [6.07, 6.45) is 10.1. The molecule has 0 spiro atoms. The normalized spacial score (nSPS) is 37.0. The number of carbonyl (C=O) groups is 2. The lowest BCUT2D eigenvalue weighted by molar-refractivity contribution is -0.194. The average Bonchev–Trinajstić information content (AvgIpc) is 2.90. The number of hydrogen-bond acceptors (Lipinski definition) is 6. The van der Waals surface area contributed by atoms with E-state index in [4.69, 9.17) is 9.47 Å². The van der Waals surface area contributed by atoms with E-state index in [0.717, 1.165) is 12.8 Å². The van der Waals surface area contributed by atoms with E-state index in [1.807, 2.05) is 6.92 Å². The van der Waals surface area contributed by atoms with Gasteiger partial charge in [-0.15, -0.1) is 0 Å². The summed E-state index contributed by atoms with van der Waals surface area (Å²) in [6.45, 7) is 7.86. The SMILES string of the molecule is C[C@@H](O)C/C=C/C=C/C(=O)O[C@@H]1C=C2COC(=O)[C@]2(O)[C@@]2(C)CCCC(C)(C)[C@H]12. The van der Waals surface area contributed by atoms with Gasteiger partial charge in [0.25, 0.3) is 0 Å². The maximum Gasteiger partial charge on any atom is 0.343 e. The largest absolute Gasteiger partial charge is 0.459 e. The summed E-state index contributed by atoms with van der Waals surface area (Å²) in [5, 5.41) is 20.7. The van der Waals surface area contributed by atoms with E-state index < -0.39 is 35.2 Å². The second-order valence-corrected chi connectivity index (χ2v) is 9.49. The van der Waals surface area contributed by atoms with Crippen molar-refractivity contribution >= 4 is 11.9 Å². The average molecular weight is 405 g/mol. The van der Waals surface area contributed by atoms with Crippen LogP contribution in [0.2, 0.25) is 0 Å². The van der Waals surface area contributed by atoms with E-state index in [-0.39, 0.29) is 17.9 Å². The first-order chi connectivity index (χ1) is 13.5. The Morgan fingerprint density at radius 2 is 2.07 bits per heavy atom. The second kappa shape index (κ2) is 7.73. The van der Waals surface area contributed by atoms with Crippen LogP contribution in [0.5, 0.6) is 0 Å². The summed E-state index contributed by atoms with van der Waals surface area (Å²) in [4.78, 5) is 25.0. The third kappa shape index (κ3) is 3.68. The topological polar surface area (TPSA) is 93.1 Å². The Bertz CT molecular complexity index is 761. The van der Waals surface area contributed by atoms with E-state index >= 15 is 0 Å². The number of rotatable bonds is 5. The number of aliphatic hydroxyl groups excluding tert-OH is 1. The summed E-state index contributed by atoms with van der Waals surface area (Å²) >= 11 is 0. The van der Waals surface area contributed by atoms with Crippen LogP contribution < -0.4 is 0 Å². The van der Waals surface area contributed by atoms with Crippen molar-refractivity contribution in [1.82, 2.24) is 0 Å². The van der Waals surface area contributed by atoms with Crippen LogP contribution in [0.25, 0.3) is 0 Å². The summed E-state index contributed by atoms with van der Waals surface area (Å²) in [5.41, 5.74) is -2.15. The van der Waals surface area contributed by atoms with Gasteiger partial charge >= 0.3 is 11.9 Å². The van der Waals surface area contributed by atoms with Gasteiger partial charge in [-0.05, 0) is 37.7 Å². The highest BCUT2D eigenvalue weighted by atomic mass is 16.6. The van der Waals surface area contributed by atoms with Crippen LogP contribution >= 0.6 is 0 Å². The summed E-state index contributed by atoms with van der Waals surface area (Å²) < 4.78 is 11.0. The number of allylic oxidation sites excluding steroid dienone is 2. The van der Waals surface area contributed by atoms with Gasteiger partial charge in [0.05, 0.1) is 6.10 Å². The summed E-state index contributed by atoms with van der Waals surface area (Å²) in [7, 11) is 0. The van der Waals surface area contributed by atoms with Gasteiger partial charge in [-0.2, -0.15) is 0 Å². The first-order valence-electron chi connectivity index (χ1n) is 10.3. The van der Waals surface area contributed by atoms with Gasteiger partial charge in [0.2, 0.25) is 0 Å². The van der Waals surface area contributed by atoms with Gasteiger partial charge in [-0.1, -0.05) is 45.4 Å². The fourth-order valence-corrected chi connectivity index (χ4v) is 5.61. The van der Waals surface area contributed by atoms with Crippen molar-refractivity contribution in [2.45, 2.75) is 71.2 Å². The number of esters is 2. The quantitative estimate of drug-likeness (QED) is 0.317. The third-order valence-corrected chi connectivity index (χ3v) is 6.89. The molecule has 6 heteroatoms. The van der Waals surface area contributed by atoms with Crippen LogP contribution in [0.15, 0.2) is 36.0 Å². The van der Waals surface area contributed by atoms with Gasteiger partial charge in [-0.25, -0.2) is 9.59 Å². The molecule has 1 heterocycles. The van der Waals surface area contributed by atoms with Crippen LogP contribution in [0, 0.1) is 16.7 Å². The van der Waals surface area contributed by atoms with Crippen LogP contribution in [0.1, 0.15) is 53.4 Å². The fraction of sp³-hybridized carbons (Fsp3) is 0.652. The molecule has 0 amide bonds. The van der Waals surface area contributed by atoms with Crippen molar-refractivity contribution < 1.29 is 29.3 Å². The Labute approximate surface area is 172 Å². The lowest BCUT2D eigenvalue weighted by Gasteiger charge is -2.59. The first-order valence-corrected chi connectivity index (χ1v) is 10.3. The Morgan fingerprint density at radius 3 is 2.76 bits per heavy atom. The Morgan fingerprint density at radius 1 is 1.34 bits per heavy atom. The Kier molecular flexibility index (Phi) is 5.80. The molecule has 0 aromatic carbocycles. The predicted octanol–water partition coefficient (Wildman–Crippen LogP) is 2.84. The fourth-order valence-electron chi connectivity index (χ4n) is 5.61. The lowest BCUT2D eigenvalue weighted by Crippen LogP contribution is -2.65. The summed E-state index contributed by atoms with van der Waals surface area (Å²) in [5.74, 6) is -1.29. The van der Waals surface area contributed by atoms with E-state index in [9.17, 15) is 19.8 Å². The number of hydrogen-bond donors (Lipinski definition) is 2. The Hall–Kier alpha value is -1.92. The molecule has 0 bridgehead atoms. The van der Waals surface area contributed by atoms with Crippen molar-refractivity contribution in [3.63, 3.8) is 0 Å². The number of ether oxygens (including phenoxy) is 2. The molecule has 3 rings (SSSR count). The standard InChI is InChI=1S/C23H32O6/c1-15(24)9-6-5-7-10-18(25)29-17-13-16-14-28-20(26)23(16,27)22(4)12-8-11-21(2,3)19(17)22/h5-7,10,13,15,17,19,24,27H,8-9,11-12,14H2,1-4H3/b6-5+,10-7+/t15-,17-,19+,22+,23+/m1/s1. The minimum Gasteiger partial charge on any atom is -0.459 e. The maximum atomic E-state index is 12.5. The molecule has 6 nitrogen and oxygen atoms in total. The third-order valence-electron chi connectivity index (χ3n) is 6.89. The first kappa shape index (κ1) is 21.8. The minimum absolute atomic E-state index is 0.0318. The van der Waals surface area contributed by atoms with Crippen LogP contribution in [-0.4, -0.2) is 46.6 Å². The monoisotopic (exact) mass is 404 g/mol. The molecule has 0 aromatic heterocycles. The molecular formula is C23H32O6. The van der Waals surface area contributed by atoms with E-state index in [0.29, 0.717) is 18.4 Å². The lowest BCUT2D eigenvalue weighted by atomic mass is 9.46. The highest BCUT2D eigenvalue weighted by molar-refractivity contribution is 5.88. The molecule has 1 saturated heterocycles. The molecule has 2 fully saturated rings. The van der Waals surface area contributed by atoms with E-state index in [1.54, 1.807) is 31.2 Å². The molecule has 160 valence electrons. The van der Waals surface area contributed by atoms with Crippen LogP contribution in [-0.2, 0) is 19.1 Å². The molecule has 0 unspecified atom stereocenters. The molecular weight excluding hydrogens is 372 g/mol. The van der Waals surface area contributed by atoms with Crippen LogP contribution in [0.3, 0.4) is 0 Å². The molecule has 0 radical (unpaired) electrons. The Balaban J connectivity index is 1.87. The zero-order valence-electron chi connectivity index (χ0n) is 17.7. The number of carbonyl (C=O) groups excluding carboxylic acids is 2. The van der Waals surface area contributed by atoms with Gasteiger partial charge in [0.1, 0.15) is 12.7 Å². The smallest absolute Gasteiger partial charge is 0.343 e. The van der Waals surface area contributed by atoms with E-state index in [1.165, 1.54) is 6.08 Å². The van der Waals surface area contributed by atoms with Gasteiger partial charge in [0.15, 0.2) is 5.60 Å². The van der Waals surface area contributed by atoms with Gasteiger partial charge < -0.3 is 19.7 Å². The molecule has 29 heavy (non-hydrogen) atoms. The second-order valence-electron chi connectivity index (χ2n) is 9.49. The highest BCUT2D eigenvalue weighted by Crippen LogP contribution is 2.63. The highest BCUT2D eigenvalue weighted by Gasteiger charge is 2.69. The van der Waals surface area contributed by atoms with Crippen molar-refractivity contribution in [3.05, 3.63) is 36.0 Å². The molecule has 1 aliphatic heterocycles. The zero-order chi connectivity index (χ0) is 21.4. The number of cyclic esters (lactones) is 1. The van der Waals surface area contributed by atoms with Crippen LogP contribution in [0.4, 0.5) is 0 Å². The molecule has 5 atom stereocenters. The van der Waals surface area contributed by atoms with Crippen molar-refractivity contribution in [3.8, 4) is 0 Å². The molecule has 3 aliphatic rings. The number of aliphatic hydroxyl groups is 2. The molecule has 0 aromatic rings. The number of fused-ring (bicyclic) bond motifs is 3. The van der Waals surface area contributed by atoms with Gasteiger partial charge in [-0.3, -0.25) is 0 Å². The molecule has 2 N–H and O–H groups in total. The summed E-state index contributed by atoms with van der Waals surface area (Å²) in [6, 6.07) is 0. The predicted molar refractivity (Wildman–Crippen MR) is 108 cm³/mol. The maximum absolute atomic E-state index is 12.5. The van der Waals surface area contributed by atoms with E-state index in [2.05, 4.69) is 13.8 Å².